The van der Waals surface area contributed by atoms with E-state index in [0.717, 1.165) is 28.3 Å². The van der Waals surface area contributed by atoms with Crippen molar-refractivity contribution in [2.24, 2.45) is 0 Å². The van der Waals surface area contributed by atoms with Gasteiger partial charge < -0.3 is 4.90 Å². The van der Waals surface area contributed by atoms with E-state index in [1.807, 2.05) is 35.2 Å². The van der Waals surface area contributed by atoms with E-state index < -0.39 is 10.0 Å². The lowest BCUT2D eigenvalue weighted by Gasteiger charge is -2.20. The number of thioether (sulfide) groups is 1. The Kier molecular flexibility index (Phi) is 5.46. The highest BCUT2D eigenvalue weighted by Gasteiger charge is 2.28. The van der Waals surface area contributed by atoms with Crippen LogP contribution in [-0.2, 0) is 14.8 Å². The summed E-state index contributed by atoms with van der Waals surface area (Å²) in [4.78, 5) is 15.8. The number of rotatable bonds is 3. The molecule has 28 heavy (non-hydrogen) atoms. The lowest BCUT2D eigenvalue weighted by molar-refractivity contribution is -0.114. The maximum atomic E-state index is 12.8. The summed E-state index contributed by atoms with van der Waals surface area (Å²) in [6.07, 6.45) is 4.99. The van der Waals surface area contributed by atoms with E-state index >= 15 is 0 Å². The number of benzene rings is 2. The normalized spacial score (nSPS) is 18.9. The molecule has 7 heteroatoms. The van der Waals surface area contributed by atoms with Gasteiger partial charge in [0.15, 0.2) is 0 Å². The van der Waals surface area contributed by atoms with Gasteiger partial charge in [-0.25, -0.2) is 8.42 Å². The molecule has 2 aromatic rings. The fourth-order valence-corrected chi connectivity index (χ4v) is 6.05. The number of nitrogens with zero attached hydrogens (tertiary/aromatic N) is 2. The number of anilines is 2. The molecule has 1 saturated heterocycles. The van der Waals surface area contributed by atoms with Crippen LogP contribution in [0.2, 0.25) is 0 Å². The first-order chi connectivity index (χ1) is 13.5. The molecule has 0 bridgehead atoms. The summed E-state index contributed by atoms with van der Waals surface area (Å²) in [6, 6.07) is 15.3. The van der Waals surface area contributed by atoms with E-state index in [2.05, 4.69) is 6.07 Å². The molecule has 0 unspecified atom stereocenters. The van der Waals surface area contributed by atoms with Gasteiger partial charge in [-0.15, -0.1) is 11.8 Å². The third kappa shape index (κ3) is 3.95. The van der Waals surface area contributed by atoms with Crippen LogP contribution in [-0.4, -0.2) is 38.9 Å². The Labute approximate surface area is 170 Å². The first kappa shape index (κ1) is 19.1. The van der Waals surface area contributed by atoms with Crippen LogP contribution in [0.15, 0.2) is 59.5 Å². The Morgan fingerprint density at radius 1 is 1.00 bits per heavy atom. The van der Waals surface area contributed by atoms with Gasteiger partial charge in [0.1, 0.15) is 0 Å². The lowest BCUT2D eigenvalue weighted by atomic mass is 10.2. The van der Waals surface area contributed by atoms with E-state index in [4.69, 9.17) is 0 Å². The van der Waals surface area contributed by atoms with Crippen LogP contribution in [0.1, 0.15) is 18.4 Å². The van der Waals surface area contributed by atoms with Crippen LogP contribution < -0.4 is 9.21 Å². The average molecular weight is 415 g/mol. The third-order valence-corrected chi connectivity index (χ3v) is 7.92. The van der Waals surface area contributed by atoms with Gasteiger partial charge in [-0.05, 0) is 54.5 Å². The molecule has 2 aliphatic heterocycles. The molecule has 2 aliphatic rings. The Morgan fingerprint density at radius 3 is 2.54 bits per heavy atom. The van der Waals surface area contributed by atoms with Crippen molar-refractivity contribution in [2.75, 3.05) is 33.8 Å². The molecule has 0 radical (unpaired) electrons. The van der Waals surface area contributed by atoms with E-state index in [1.165, 1.54) is 4.31 Å². The number of fused-ring (bicyclic) bond motifs is 1. The Morgan fingerprint density at radius 2 is 1.79 bits per heavy atom. The summed E-state index contributed by atoms with van der Waals surface area (Å²) in [5.74, 6) is 1.17. The molecule has 0 N–H and O–H groups in total. The number of hydrogen-bond donors (Lipinski definition) is 0. The Balaban J connectivity index is 1.49. The smallest absolute Gasteiger partial charge is 0.251 e. The topological polar surface area (TPSA) is 57.7 Å². The maximum Gasteiger partial charge on any atom is 0.251 e. The molecule has 2 aromatic carbocycles. The van der Waals surface area contributed by atoms with Crippen molar-refractivity contribution in [1.29, 1.82) is 0 Å². The Hall–Kier alpha value is -2.25. The SMILES string of the molecule is O=C(/C=C/c1ccc(N2CCCS2(=O)=O)cc1)N1CCCSc2ccccc21. The van der Waals surface area contributed by atoms with Crippen molar-refractivity contribution in [3.63, 3.8) is 0 Å². The highest BCUT2D eigenvalue weighted by Crippen LogP contribution is 2.33. The van der Waals surface area contributed by atoms with Gasteiger partial charge in [-0.1, -0.05) is 24.3 Å². The minimum atomic E-state index is -3.17. The molecule has 1 fully saturated rings. The van der Waals surface area contributed by atoms with Crippen LogP contribution in [0.25, 0.3) is 6.08 Å². The highest BCUT2D eigenvalue weighted by molar-refractivity contribution is 7.99. The van der Waals surface area contributed by atoms with Gasteiger partial charge in [0.2, 0.25) is 10.0 Å². The number of carbonyl (C=O) groups is 1. The second-order valence-corrected chi connectivity index (χ2v) is 9.98. The second kappa shape index (κ2) is 8.01. The highest BCUT2D eigenvalue weighted by atomic mass is 32.2. The number of amides is 1. The fourth-order valence-electron chi connectivity index (χ4n) is 3.50. The lowest BCUT2D eigenvalue weighted by Crippen LogP contribution is -2.30. The minimum Gasteiger partial charge on any atom is -0.308 e. The molecule has 1 amide bonds. The molecule has 0 saturated carbocycles. The molecule has 0 aromatic heterocycles. The predicted molar refractivity (Wildman–Crippen MR) is 115 cm³/mol. The van der Waals surface area contributed by atoms with Crippen LogP contribution in [0.4, 0.5) is 11.4 Å². The largest absolute Gasteiger partial charge is 0.308 e. The summed E-state index contributed by atoms with van der Waals surface area (Å²) in [7, 11) is -3.17. The number of sulfonamides is 1. The average Bonchev–Trinajstić information content (AvgIpc) is 2.92. The first-order valence-electron chi connectivity index (χ1n) is 9.36. The molecule has 0 spiro atoms. The van der Waals surface area contributed by atoms with E-state index in [-0.39, 0.29) is 11.7 Å². The van der Waals surface area contributed by atoms with Gasteiger partial charge in [-0.2, -0.15) is 0 Å². The van der Waals surface area contributed by atoms with E-state index in [9.17, 15) is 13.2 Å². The van der Waals surface area contributed by atoms with Gasteiger partial charge in [0.05, 0.1) is 17.1 Å². The van der Waals surface area contributed by atoms with Crippen molar-refractivity contribution in [1.82, 2.24) is 0 Å². The fraction of sp³-hybridized carbons (Fsp3) is 0.286. The van der Waals surface area contributed by atoms with E-state index in [1.54, 1.807) is 36.0 Å². The zero-order chi connectivity index (χ0) is 19.6. The molecule has 2 heterocycles. The maximum absolute atomic E-state index is 12.8. The summed E-state index contributed by atoms with van der Waals surface area (Å²) >= 11 is 1.79. The van der Waals surface area contributed by atoms with Crippen LogP contribution in [0.3, 0.4) is 0 Å². The summed E-state index contributed by atoms with van der Waals surface area (Å²) < 4.78 is 25.5. The molecular weight excluding hydrogens is 392 g/mol. The zero-order valence-corrected chi connectivity index (χ0v) is 17.1. The second-order valence-electron chi connectivity index (χ2n) is 6.83. The number of carbonyl (C=O) groups excluding carboxylic acids is 1. The standard InChI is InChI=1S/C21H22N2O3S2/c24-21(22-13-3-15-27-20-6-2-1-5-19(20)22)12-9-17-7-10-18(11-8-17)23-14-4-16-28(23,25)26/h1-2,5-12H,3-4,13-16H2/b12-9+. The summed E-state index contributed by atoms with van der Waals surface area (Å²) in [5, 5.41) is 0. The quantitative estimate of drug-likeness (QED) is 0.718. The summed E-state index contributed by atoms with van der Waals surface area (Å²) in [5.41, 5.74) is 2.51. The zero-order valence-electron chi connectivity index (χ0n) is 15.5. The van der Waals surface area contributed by atoms with Gasteiger partial charge in [0, 0.05) is 24.1 Å². The summed E-state index contributed by atoms with van der Waals surface area (Å²) in [6.45, 7) is 1.24. The van der Waals surface area contributed by atoms with Gasteiger partial charge >= 0.3 is 0 Å². The van der Waals surface area contributed by atoms with Crippen molar-refractivity contribution < 1.29 is 13.2 Å². The van der Waals surface area contributed by atoms with Crippen LogP contribution in [0, 0.1) is 0 Å². The van der Waals surface area contributed by atoms with Gasteiger partial charge in [-0.3, -0.25) is 9.10 Å². The number of para-hydroxylation sites is 1. The van der Waals surface area contributed by atoms with Gasteiger partial charge in [0.25, 0.3) is 5.91 Å². The van der Waals surface area contributed by atoms with E-state index in [0.29, 0.717) is 25.2 Å². The minimum absolute atomic E-state index is 0.0406. The predicted octanol–water partition coefficient (Wildman–Crippen LogP) is 3.77. The van der Waals surface area contributed by atoms with Crippen molar-refractivity contribution in [3.05, 3.63) is 60.2 Å². The molecule has 146 valence electrons. The van der Waals surface area contributed by atoms with Crippen LogP contribution >= 0.6 is 11.8 Å². The molecule has 4 rings (SSSR count). The van der Waals surface area contributed by atoms with Crippen molar-refractivity contribution in [3.8, 4) is 0 Å². The molecule has 0 atom stereocenters. The van der Waals surface area contributed by atoms with Crippen molar-refractivity contribution >= 4 is 45.1 Å². The number of hydrogen-bond acceptors (Lipinski definition) is 4. The molecule has 5 nitrogen and oxygen atoms in total. The van der Waals surface area contributed by atoms with Crippen LogP contribution in [0.5, 0.6) is 0 Å². The Bertz CT molecular complexity index is 1000. The third-order valence-electron chi connectivity index (χ3n) is 4.90. The van der Waals surface area contributed by atoms with Crippen molar-refractivity contribution in [2.45, 2.75) is 17.7 Å². The first-order valence-corrected chi connectivity index (χ1v) is 12.0. The molecule has 0 aliphatic carbocycles. The molecular formula is C21H22N2O3S2. The monoisotopic (exact) mass is 414 g/mol.